The first kappa shape index (κ1) is 19.1. The van der Waals surface area contributed by atoms with Gasteiger partial charge in [0.2, 0.25) is 11.8 Å². The number of aromatic nitrogens is 2. The van der Waals surface area contributed by atoms with E-state index in [2.05, 4.69) is 51.2 Å². The topological polar surface area (TPSA) is 74.5 Å². The fraction of sp³-hybridized carbons (Fsp3) is 0.571. The molecule has 1 aliphatic carbocycles. The number of carbonyl (C=O) groups is 1. The maximum atomic E-state index is 12.4. The third kappa shape index (κ3) is 4.59. The lowest BCUT2D eigenvalue weighted by atomic mass is 10.1. The lowest BCUT2D eigenvalue weighted by Crippen LogP contribution is -2.48. The first-order valence-corrected chi connectivity index (χ1v) is 10.3. The highest BCUT2D eigenvalue weighted by atomic mass is 16.5. The molecule has 1 amide bonds. The number of carbonyl (C=O) groups excluding carboxylic acids is 1. The number of hydrogen-bond acceptors (Lipinski definition) is 6. The fourth-order valence-electron chi connectivity index (χ4n) is 3.92. The van der Waals surface area contributed by atoms with Crippen molar-refractivity contribution in [2.75, 3.05) is 38.0 Å². The van der Waals surface area contributed by atoms with Gasteiger partial charge in [0.25, 0.3) is 0 Å². The van der Waals surface area contributed by atoms with Crippen LogP contribution in [0.15, 0.2) is 22.7 Å². The van der Waals surface area contributed by atoms with Crippen molar-refractivity contribution in [1.29, 1.82) is 0 Å². The quantitative estimate of drug-likeness (QED) is 0.826. The second-order valence-electron chi connectivity index (χ2n) is 8.14. The summed E-state index contributed by atoms with van der Waals surface area (Å²) >= 11 is 0. The second kappa shape index (κ2) is 8.41. The number of anilines is 1. The van der Waals surface area contributed by atoms with Crippen molar-refractivity contribution in [1.82, 2.24) is 19.9 Å². The zero-order valence-electron chi connectivity index (χ0n) is 16.8. The SMILES string of the molecule is CC(C)c1noc(CN2CCN(CC(=O)Nc3ccc4c(c3)CCC4)CC2)n1. The molecule has 1 aromatic carbocycles. The summed E-state index contributed by atoms with van der Waals surface area (Å²) in [5.41, 5.74) is 3.73. The van der Waals surface area contributed by atoms with Crippen LogP contribution in [0.25, 0.3) is 0 Å². The molecule has 7 nitrogen and oxygen atoms in total. The van der Waals surface area contributed by atoms with E-state index in [1.54, 1.807) is 0 Å². The molecular formula is C21H29N5O2. The molecule has 4 rings (SSSR count). The molecular weight excluding hydrogens is 354 g/mol. The Morgan fingerprint density at radius 1 is 1.14 bits per heavy atom. The maximum Gasteiger partial charge on any atom is 0.240 e. The Bertz CT molecular complexity index is 824. The van der Waals surface area contributed by atoms with Gasteiger partial charge in [-0.15, -0.1) is 0 Å². The lowest BCUT2D eigenvalue weighted by Gasteiger charge is -2.33. The summed E-state index contributed by atoms with van der Waals surface area (Å²) in [5, 5.41) is 7.08. The van der Waals surface area contributed by atoms with E-state index in [1.807, 2.05) is 6.07 Å². The number of piperazine rings is 1. The molecule has 28 heavy (non-hydrogen) atoms. The Hall–Kier alpha value is -2.25. The Labute approximate surface area is 166 Å². The van der Waals surface area contributed by atoms with Gasteiger partial charge in [0, 0.05) is 37.8 Å². The molecule has 2 aromatic rings. The van der Waals surface area contributed by atoms with Crippen LogP contribution in [0.3, 0.4) is 0 Å². The number of aryl methyl sites for hydroxylation is 2. The minimum absolute atomic E-state index is 0.0601. The first-order chi connectivity index (χ1) is 13.6. The predicted molar refractivity (Wildman–Crippen MR) is 107 cm³/mol. The zero-order valence-corrected chi connectivity index (χ0v) is 16.8. The van der Waals surface area contributed by atoms with E-state index in [-0.39, 0.29) is 11.8 Å². The molecule has 0 spiro atoms. The van der Waals surface area contributed by atoms with Crippen molar-refractivity contribution >= 4 is 11.6 Å². The summed E-state index contributed by atoms with van der Waals surface area (Å²) < 4.78 is 5.34. The normalized spacial score (nSPS) is 17.8. The van der Waals surface area contributed by atoms with Crippen molar-refractivity contribution in [3.05, 3.63) is 41.0 Å². The van der Waals surface area contributed by atoms with Crippen LogP contribution >= 0.6 is 0 Å². The Morgan fingerprint density at radius 3 is 2.64 bits per heavy atom. The van der Waals surface area contributed by atoms with Gasteiger partial charge in [-0.2, -0.15) is 4.98 Å². The molecule has 2 heterocycles. The van der Waals surface area contributed by atoms with E-state index < -0.39 is 0 Å². The van der Waals surface area contributed by atoms with Crippen molar-refractivity contribution in [2.24, 2.45) is 0 Å². The van der Waals surface area contributed by atoms with Crippen LogP contribution in [-0.4, -0.2) is 58.6 Å². The van der Waals surface area contributed by atoms with Gasteiger partial charge in [-0.3, -0.25) is 14.6 Å². The molecule has 1 N–H and O–H groups in total. The molecule has 0 atom stereocenters. The number of hydrogen-bond donors (Lipinski definition) is 1. The summed E-state index contributed by atoms with van der Waals surface area (Å²) in [7, 11) is 0. The third-order valence-electron chi connectivity index (χ3n) is 5.57. The van der Waals surface area contributed by atoms with E-state index >= 15 is 0 Å². The predicted octanol–water partition coefficient (Wildman–Crippen LogP) is 2.44. The average Bonchev–Trinajstić information content (AvgIpc) is 3.32. The minimum atomic E-state index is 0.0601. The molecule has 1 aromatic heterocycles. The van der Waals surface area contributed by atoms with Crippen LogP contribution < -0.4 is 5.32 Å². The summed E-state index contributed by atoms with van der Waals surface area (Å²) in [6.07, 6.45) is 3.51. The number of fused-ring (bicyclic) bond motifs is 1. The highest BCUT2D eigenvalue weighted by Gasteiger charge is 2.21. The van der Waals surface area contributed by atoms with Gasteiger partial charge in [-0.1, -0.05) is 25.1 Å². The standard InChI is InChI=1S/C21H29N5O2/c1-15(2)21-23-20(28-24-21)14-26-10-8-25(9-11-26)13-19(27)22-18-7-6-16-4-3-5-17(16)12-18/h6-7,12,15H,3-5,8-11,13-14H2,1-2H3,(H,22,27). The number of benzene rings is 1. The molecule has 0 saturated carbocycles. The Balaban J connectivity index is 1.22. The van der Waals surface area contributed by atoms with Crippen LogP contribution in [0.2, 0.25) is 0 Å². The van der Waals surface area contributed by atoms with Gasteiger partial charge in [-0.05, 0) is 42.5 Å². The summed E-state index contributed by atoms with van der Waals surface area (Å²) in [6.45, 7) is 8.74. The van der Waals surface area contributed by atoms with Crippen LogP contribution in [0, 0.1) is 0 Å². The van der Waals surface area contributed by atoms with Crippen LogP contribution in [0.1, 0.15) is 49.0 Å². The van der Waals surface area contributed by atoms with Gasteiger partial charge in [-0.25, -0.2) is 0 Å². The first-order valence-electron chi connectivity index (χ1n) is 10.3. The van der Waals surface area contributed by atoms with E-state index in [4.69, 9.17) is 4.52 Å². The molecule has 0 radical (unpaired) electrons. The van der Waals surface area contributed by atoms with Crippen molar-refractivity contribution < 1.29 is 9.32 Å². The van der Waals surface area contributed by atoms with Gasteiger partial charge in [0.15, 0.2) is 5.82 Å². The number of rotatable bonds is 6. The summed E-state index contributed by atoms with van der Waals surface area (Å²) in [5.74, 6) is 1.77. The van der Waals surface area contributed by atoms with Crippen molar-refractivity contribution in [3.8, 4) is 0 Å². The number of nitrogens with one attached hydrogen (secondary N) is 1. The smallest absolute Gasteiger partial charge is 0.240 e. The number of nitrogens with zero attached hydrogens (tertiary/aromatic N) is 4. The Kier molecular flexibility index (Phi) is 5.73. The fourth-order valence-corrected chi connectivity index (χ4v) is 3.92. The van der Waals surface area contributed by atoms with Crippen LogP contribution in [0.5, 0.6) is 0 Å². The lowest BCUT2D eigenvalue weighted by molar-refractivity contribution is -0.117. The highest BCUT2D eigenvalue weighted by molar-refractivity contribution is 5.92. The molecule has 0 unspecified atom stereocenters. The summed E-state index contributed by atoms with van der Waals surface area (Å²) in [6, 6.07) is 6.31. The van der Waals surface area contributed by atoms with E-state index in [0.29, 0.717) is 19.0 Å². The maximum absolute atomic E-state index is 12.4. The van der Waals surface area contributed by atoms with E-state index in [0.717, 1.165) is 50.5 Å². The van der Waals surface area contributed by atoms with Gasteiger partial charge in [0.1, 0.15) is 0 Å². The third-order valence-corrected chi connectivity index (χ3v) is 5.57. The number of amides is 1. The van der Waals surface area contributed by atoms with Crippen LogP contribution in [0.4, 0.5) is 5.69 Å². The zero-order chi connectivity index (χ0) is 19.5. The highest BCUT2D eigenvalue weighted by Crippen LogP contribution is 2.24. The Morgan fingerprint density at radius 2 is 1.89 bits per heavy atom. The van der Waals surface area contributed by atoms with Gasteiger partial charge in [0.05, 0.1) is 13.1 Å². The molecule has 1 saturated heterocycles. The molecule has 150 valence electrons. The van der Waals surface area contributed by atoms with Gasteiger partial charge >= 0.3 is 0 Å². The van der Waals surface area contributed by atoms with Gasteiger partial charge < -0.3 is 9.84 Å². The van der Waals surface area contributed by atoms with Crippen molar-refractivity contribution in [2.45, 2.75) is 45.6 Å². The average molecular weight is 383 g/mol. The largest absolute Gasteiger partial charge is 0.338 e. The molecule has 1 aliphatic heterocycles. The van der Waals surface area contributed by atoms with E-state index in [1.165, 1.54) is 17.5 Å². The second-order valence-corrected chi connectivity index (χ2v) is 8.14. The monoisotopic (exact) mass is 383 g/mol. The van der Waals surface area contributed by atoms with E-state index in [9.17, 15) is 4.79 Å². The van der Waals surface area contributed by atoms with Crippen LogP contribution in [-0.2, 0) is 24.2 Å². The minimum Gasteiger partial charge on any atom is -0.338 e. The molecule has 1 fully saturated rings. The molecule has 7 heteroatoms. The molecule has 2 aliphatic rings. The molecule has 0 bridgehead atoms. The summed E-state index contributed by atoms with van der Waals surface area (Å²) in [4.78, 5) is 21.4. The van der Waals surface area contributed by atoms with Crippen molar-refractivity contribution in [3.63, 3.8) is 0 Å².